The van der Waals surface area contributed by atoms with Crippen LogP contribution in [0.5, 0.6) is 5.75 Å². The zero-order valence-corrected chi connectivity index (χ0v) is 16.3. The van der Waals surface area contributed by atoms with Crippen LogP contribution in [0.4, 0.5) is 0 Å². The molecule has 2 aromatic rings. The second-order valence-electron chi connectivity index (χ2n) is 8.18. The first kappa shape index (κ1) is 18.9. The van der Waals surface area contributed by atoms with E-state index in [1.807, 2.05) is 18.2 Å². The van der Waals surface area contributed by atoms with E-state index in [4.69, 9.17) is 4.52 Å². The molecule has 0 saturated carbocycles. The summed E-state index contributed by atoms with van der Waals surface area (Å²) in [4.78, 5) is 21.0. The van der Waals surface area contributed by atoms with Crippen molar-refractivity contribution in [2.24, 2.45) is 0 Å². The van der Waals surface area contributed by atoms with Gasteiger partial charge in [-0.1, -0.05) is 71.9 Å². The van der Waals surface area contributed by atoms with Gasteiger partial charge in [-0.2, -0.15) is 9.79 Å². The van der Waals surface area contributed by atoms with E-state index in [9.17, 15) is 9.79 Å². The molecule has 24 heavy (non-hydrogen) atoms. The van der Waals surface area contributed by atoms with Gasteiger partial charge in [0.25, 0.3) is 0 Å². The highest BCUT2D eigenvalue weighted by Crippen LogP contribution is 2.51. The van der Waals surface area contributed by atoms with E-state index < -0.39 is 7.94 Å². The molecule has 0 aliphatic carbocycles. The Kier molecular flexibility index (Phi) is 5.11. The first-order valence-corrected chi connectivity index (χ1v) is 9.77. The summed E-state index contributed by atoms with van der Waals surface area (Å²) in [6.07, 6.45) is 0. The Morgan fingerprint density at radius 1 is 0.792 bits per heavy atom. The monoisotopic (exact) mass is 347 g/mol. The lowest BCUT2D eigenvalue weighted by Crippen LogP contribution is -2.20. The van der Waals surface area contributed by atoms with E-state index in [1.54, 1.807) is 24.3 Å². The normalized spacial score (nSPS) is 13.0. The fourth-order valence-electron chi connectivity index (χ4n) is 2.47. The van der Waals surface area contributed by atoms with E-state index in [0.29, 0.717) is 11.1 Å². The van der Waals surface area contributed by atoms with E-state index in [2.05, 4.69) is 47.6 Å². The molecule has 0 aliphatic heterocycles. The molecule has 2 aromatic carbocycles. The largest absolute Gasteiger partial charge is 0.487 e. The molecule has 0 unspecified atom stereocenters. The fourth-order valence-corrected chi connectivity index (χ4v) is 3.57. The van der Waals surface area contributed by atoms with Crippen LogP contribution in [0.15, 0.2) is 48.5 Å². The predicted octanol–water partition coefficient (Wildman–Crippen LogP) is 4.73. The maximum absolute atomic E-state index is 10.5. The fraction of sp³-hybridized carbons (Fsp3) is 0.400. The SMILES string of the molecule is CC(C)(C)c1ccc(O[P+](O)(O)c2ccccc2)c(C(C)(C)C)c1. The summed E-state index contributed by atoms with van der Waals surface area (Å²) in [7, 11) is -3.67. The van der Waals surface area contributed by atoms with Crippen molar-refractivity contribution in [3.63, 3.8) is 0 Å². The molecule has 0 aromatic heterocycles. The topological polar surface area (TPSA) is 49.7 Å². The van der Waals surface area contributed by atoms with Gasteiger partial charge < -0.3 is 0 Å². The second kappa shape index (κ2) is 6.48. The summed E-state index contributed by atoms with van der Waals surface area (Å²) in [5.74, 6) is 0.526. The maximum Gasteiger partial charge on any atom is 0.487 e. The van der Waals surface area contributed by atoms with Crippen LogP contribution in [0.2, 0.25) is 0 Å². The highest BCUT2D eigenvalue weighted by molar-refractivity contribution is 7.68. The van der Waals surface area contributed by atoms with Crippen LogP contribution in [0.25, 0.3) is 0 Å². The third-order valence-corrected chi connectivity index (χ3v) is 5.39. The Morgan fingerprint density at radius 2 is 1.38 bits per heavy atom. The molecule has 2 N–H and O–H groups in total. The minimum atomic E-state index is -3.67. The van der Waals surface area contributed by atoms with Crippen molar-refractivity contribution < 1.29 is 14.3 Å². The van der Waals surface area contributed by atoms with Crippen LogP contribution in [0, 0.1) is 0 Å². The molecule has 2 rings (SSSR count). The summed E-state index contributed by atoms with van der Waals surface area (Å²) in [5, 5.41) is 0.407. The Hall–Kier alpha value is -1.41. The van der Waals surface area contributed by atoms with Gasteiger partial charge in [-0.15, -0.1) is 0 Å². The van der Waals surface area contributed by atoms with Crippen molar-refractivity contribution >= 4 is 13.2 Å². The molecule has 0 bridgehead atoms. The third-order valence-electron chi connectivity index (χ3n) is 3.97. The summed E-state index contributed by atoms with van der Waals surface area (Å²) >= 11 is 0. The highest BCUT2D eigenvalue weighted by atomic mass is 31.2. The van der Waals surface area contributed by atoms with Crippen molar-refractivity contribution in [3.8, 4) is 5.75 Å². The lowest BCUT2D eigenvalue weighted by atomic mass is 9.80. The van der Waals surface area contributed by atoms with Gasteiger partial charge in [-0.25, -0.2) is 0 Å². The molecule has 0 aliphatic rings. The quantitative estimate of drug-likeness (QED) is 0.789. The molecule has 0 heterocycles. The lowest BCUT2D eigenvalue weighted by molar-refractivity contribution is 0.350. The van der Waals surface area contributed by atoms with Gasteiger partial charge in [0.05, 0.1) is 0 Å². The first-order chi connectivity index (χ1) is 10.9. The Labute approximate surface area is 145 Å². The Bertz CT molecular complexity index is 695. The molecule has 0 amide bonds. The average Bonchev–Trinajstić information content (AvgIpc) is 2.46. The number of rotatable bonds is 3. The molecule has 0 fully saturated rings. The van der Waals surface area contributed by atoms with E-state index in [0.717, 1.165) is 5.56 Å². The summed E-state index contributed by atoms with van der Waals surface area (Å²) in [6.45, 7) is 12.8. The van der Waals surface area contributed by atoms with Crippen LogP contribution in [-0.4, -0.2) is 9.79 Å². The van der Waals surface area contributed by atoms with Gasteiger partial charge in [-0.05, 0) is 34.6 Å². The Balaban J connectivity index is 2.47. The molecule has 3 nitrogen and oxygen atoms in total. The minimum Gasteiger partial charge on any atom is -0.281 e. The molecule has 0 saturated heterocycles. The van der Waals surface area contributed by atoms with Crippen molar-refractivity contribution in [1.29, 1.82) is 0 Å². The number of hydrogen-bond acceptors (Lipinski definition) is 3. The lowest BCUT2D eigenvalue weighted by Gasteiger charge is -2.26. The van der Waals surface area contributed by atoms with Crippen LogP contribution in [0.1, 0.15) is 52.7 Å². The van der Waals surface area contributed by atoms with Crippen molar-refractivity contribution in [3.05, 3.63) is 59.7 Å². The maximum atomic E-state index is 10.5. The highest BCUT2D eigenvalue weighted by Gasteiger charge is 2.42. The van der Waals surface area contributed by atoms with Crippen LogP contribution in [0.3, 0.4) is 0 Å². The standard InChI is InChI=1S/C20H28O3P/c1-19(2,3)15-12-13-18(17(14-15)20(4,5)6)23-24(21,22)16-10-8-7-9-11-16/h7-14,21-22H,1-6H3/q+1. The molecular formula is C20H28O3P+. The van der Waals surface area contributed by atoms with Crippen molar-refractivity contribution in [2.75, 3.05) is 0 Å². The zero-order valence-electron chi connectivity index (χ0n) is 15.4. The van der Waals surface area contributed by atoms with Gasteiger partial charge in [-0.3, -0.25) is 4.52 Å². The van der Waals surface area contributed by atoms with Crippen LogP contribution < -0.4 is 9.83 Å². The van der Waals surface area contributed by atoms with Gasteiger partial charge in [0.15, 0.2) is 11.1 Å². The first-order valence-electron chi connectivity index (χ1n) is 8.16. The molecule has 4 heteroatoms. The van der Waals surface area contributed by atoms with Gasteiger partial charge in [0, 0.05) is 5.56 Å². The van der Waals surface area contributed by atoms with Gasteiger partial charge >= 0.3 is 7.94 Å². The summed E-state index contributed by atoms with van der Waals surface area (Å²) < 4.78 is 5.74. The Morgan fingerprint density at radius 3 is 1.88 bits per heavy atom. The van der Waals surface area contributed by atoms with Gasteiger partial charge in [0.1, 0.15) is 0 Å². The molecule has 0 atom stereocenters. The molecule has 130 valence electrons. The second-order valence-corrected chi connectivity index (χ2v) is 9.97. The van der Waals surface area contributed by atoms with Gasteiger partial charge in [0.2, 0.25) is 0 Å². The predicted molar refractivity (Wildman–Crippen MR) is 102 cm³/mol. The van der Waals surface area contributed by atoms with E-state index >= 15 is 0 Å². The molecule has 0 radical (unpaired) electrons. The van der Waals surface area contributed by atoms with Crippen molar-refractivity contribution in [1.82, 2.24) is 0 Å². The molecular weight excluding hydrogens is 319 g/mol. The van der Waals surface area contributed by atoms with Crippen molar-refractivity contribution in [2.45, 2.75) is 52.4 Å². The minimum absolute atomic E-state index is 0.0165. The average molecular weight is 347 g/mol. The van der Waals surface area contributed by atoms with Crippen LogP contribution >= 0.6 is 7.94 Å². The zero-order chi connectivity index (χ0) is 18.2. The number of benzene rings is 2. The van der Waals surface area contributed by atoms with E-state index in [-0.39, 0.29) is 10.8 Å². The van der Waals surface area contributed by atoms with E-state index in [1.165, 1.54) is 5.56 Å². The summed E-state index contributed by atoms with van der Waals surface area (Å²) in [5.41, 5.74) is 2.01. The third kappa shape index (κ3) is 4.36. The summed E-state index contributed by atoms with van der Waals surface area (Å²) in [6, 6.07) is 14.7. The smallest absolute Gasteiger partial charge is 0.281 e. The van der Waals surface area contributed by atoms with Crippen LogP contribution in [-0.2, 0) is 10.8 Å². The molecule has 0 spiro atoms. The number of hydrogen-bond donors (Lipinski definition) is 2.